The van der Waals surface area contributed by atoms with Gasteiger partial charge in [-0.15, -0.1) is 0 Å². The second-order valence-corrected chi connectivity index (χ2v) is 6.33. The molecule has 0 aromatic rings. The topological polar surface area (TPSA) is 40.1 Å². The summed E-state index contributed by atoms with van der Waals surface area (Å²) in [4.78, 5) is 10.5. The van der Waals surface area contributed by atoms with Crippen LogP contribution < -0.4 is 34.7 Å². The Hall–Kier alpha value is 0.210. The zero-order valence-electron chi connectivity index (χ0n) is 14.2. The molecule has 0 N–H and O–H groups in total. The molecule has 1 saturated carbocycles. The van der Waals surface area contributed by atoms with E-state index < -0.39 is 5.97 Å². The summed E-state index contributed by atoms with van der Waals surface area (Å²) in [7, 11) is 0. The van der Waals surface area contributed by atoms with Gasteiger partial charge in [-0.1, -0.05) is 83.3 Å². The van der Waals surface area contributed by atoms with Crippen LogP contribution in [0, 0.1) is 11.8 Å². The molecule has 0 aliphatic heterocycles. The van der Waals surface area contributed by atoms with Gasteiger partial charge in [-0.2, -0.15) is 0 Å². The number of carboxylic acids is 1. The number of hydrogen-bond acceptors (Lipinski definition) is 2. The molecule has 0 amide bonds. The van der Waals surface area contributed by atoms with Crippen molar-refractivity contribution in [3.05, 3.63) is 12.2 Å². The number of aliphatic carboxylic acids is 1. The van der Waals surface area contributed by atoms with Crippen LogP contribution in [0.1, 0.15) is 84.0 Å². The Bertz CT molecular complexity index is 302. The Morgan fingerprint density at radius 1 is 0.952 bits per heavy atom. The summed E-state index contributed by atoms with van der Waals surface area (Å²) >= 11 is 0. The van der Waals surface area contributed by atoms with Gasteiger partial charge in [0.15, 0.2) is 0 Å². The number of carboxylic acid groups (broad SMARTS) is 1. The van der Waals surface area contributed by atoms with Crippen molar-refractivity contribution in [2.45, 2.75) is 84.0 Å². The second kappa shape index (κ2) is 12.7. The molecule has 21 heavy (non-hydrogen) atoms. The summed E-state index contributed by atoms with van der Waals surface area (Å²) in [6, 6.07) is 0. The van der Waals surface area contributed by atoms with Crippen molar-refractivity contribution >= 4 is 5.97 Å². The van der Waals surface area contributed by atoms with Crippen LogP contribution in [0.5, 0.6) is 0 Å². The minimum Gasteiger partial charge on any atom is -0.550 e. The predicted octanol–water partition coefficient (Wildman–Crippen LogP) is 1.24. The average Bonchev–Trinajstić information content (AvgIpc) is 3.00. The van der Waals surface area contributed by atoms with Gasteiger partial charge in [-0.05, 0) is 24.7 Å². The fourth-order valence-corrected chi connectivity index (χ4v) is 3.14. The molecular weight excluding hydrogens is 271 g/mol. The van der Waals surface area contributed by atoms with Crippen LogP contribution in [-0.4, -0.2) is 5.97 Å². The molecule has 1 fully saturated rings. The van der Waals surface area contributed by atoms with Crippen molar-refractivity contribution in [2.75, 3.05) is 0 Å². The fraction of sp³-hybridized carbons (Fsp3) is 0.833. The van der Waals surface area contributed by atoms with Crippen molar-refractivity contribution in [3.8, 4) is 0 Å². The van der Waals surface area contributed by atoms with E-state index in [1.165, 1.54) is 64.2 Å². The molecule has 2 nitrogen and oxygen atoms in total. The minimum atomic E-state index is -0.929. The third kappa shape index (κ3) is 9.76. The standard InChI is InChI=1S/C18H32O2.Na/c1-3-4-5-6-7-8-9-10-11-12-13-16-15(2)17(16)14-18(19)20;/h16-17H,2-14H2,1H3,(H,19,20);/q;+1/p-1/t16-,17-;/m1./s1. The molecule has 1 aliphatic rings. The number of hydrogen-bond donors (Lipinski definition) is 0. The summed E-state index contributed by atoms with van der Waals surface area (Å²) in [5.74, 6) is -0.234. The third-order valence-corrected chi connectivity index (χ3v) is 4.58. The molecular formula is C18H31NaO2. The molecule has 1 rings (SSSR count). The van der Waals surface area contributed by atoms with E-state index in [-0.39, 0.29) is 41.9 Å². The van der Waals surface area contributed by atoms with Gasteiger partial charge in [-0.3, -0.25) is 0 Å². The SMILES string of the molecule is C=C1[C@@H](CCCCCCCCCCCC)[C@@H]1CC(=O)[O-].[Na+]. The van der Waals surface area contributed by atoms with E-state index in [4.69, 9.17) is 0 Å². The molecule has 2 atom stereocenters. The first-order chi connectivity index (χ1) is 9.66. The molecule has 0 aromatic heterocycles. The number of allylic oxidation sites excluding steroid dienone is 1. The monoisotopic (exact) mass is 302 g/mol. The Balaban J connectivity index is 0.00000400. The summed E-state index contributed by atoms with van der Waals surface area (Å²) in [5.41, 5.74) is 1.14. The maximum absolute atomic E-state index is 10.5. The van der Waals surface area contributed by atoms with Crippen LogP contribution in [-0.2, 0) is 4.79 Å². The van der Waals surface area contributed by atoms with E-state index in [1.807, 2.05) is 0 Å². The van der Waals surface area contributed by atoms with E-state index >= 15 is 0 Å². The van der Waals surface area contributed by atoms with Gasteiger partial charge in [0.2, 0.25) is 0 Å². The number of unbranched alkanes of at least 4 members (excludes halogenated alkanes) is 9. The van der Waals surface area contributed by atoms with E-state index in [2.05, 4.69) is 13.5 Å². The fourth-order valence-electron chi connectivity index (χ4n) is 3.14. The summed E-state index contributed by atoms with van der Waals surface area (Å²) in [5, 5.41) is 10.5. The van der Waals surface area contributed by atoms with Gasteiger partial charge in [-0.25, -0.2) is 0 Å². The maximum atomic E-state index is 10.5. The molecule has 0 aromatic carbocycles. The molecule has 116 valence electrons. The van der Waals surface area contributed by atoms with E-state index in [9.17, 15) is 9.90 Å². The van der Waals surface area contributed by atoms with Gasteiger partial charge < -0.3 is 9.90 Å². The van der Waals surface area contributed by atoms with Crippen molar-refractivity contribution in [1.82, 2.24) is 0 Å². The normalized spacial score (nSPS) is 20.1. The van der Waals surface area contributed by atoms with Crippen LogP contribution in [0.3, 0.4) is 0 Å². The van der Waals surface area contributed by atoms with Crippen LogP contribution in [0.25, 0.3) is 0 Å². The minimum absolute atomic E-state index is 0. The van der Waals surface area contributed by atoms with Gasteiger partial charge in [0.25, 0.3) is 0 Å². The first-order valence-electron chi connectivity index (χ1n) is 8.55. The van der Waals surface area contributed by atoms with E-state index in [0.717, 1.165) is 12.0 Å². The average molecular weight is 302 g/mol. The van der Waals surface area contributed by atoms with Crippen molar-refractivity contribution in [1.29, 1.82) is 0 Å². The Morgan fingerprint density at radius 2 is 1.43 bits per heavy atom. The molecule has 0 bridgehead atoms. The largest absolute Gasteiger partial charge is 1.00 e. The smallest absolute Gasteiger partial charge is 0.550 e. The second-order valence-electron chi connectivity index (χ2n) is 6.33. The number of carbonyl (C=O) groups is 1. The number of rotatable bonds is 13. The van der Waals surface area contributed by atoms with E-state index in [0.29, 0.717) is 5.92 Å². The van der Waals surface area contributed by atoms with Gasteiger partial charge in [0.1, 0.15) is 0 Å². The molecule has 1 aliphatic carbocycles. The Morgan fingerprint density at radius 3 is 1.90 bits per heavy atom. The van der Waals surface area contributed by atoms with Gasteiger partial charge >= 0.3 is 29.6 Å². The number of carbonyl (C=O) groups excluding carboxylic acids is 1. The summed E-state index contributed by atoms with van der Waals surface area (Å²) < 4.78 is 0. The first-order valence-corrected chi connectivity index (χ1v) is 8.55. The maximum Gasteiger partial charge on any atom is 1.00 e. The van der Waals surface area contributed by atoms with Crippen LogP contribution in [0.15, 0.2) is 12.2 Å². The van der Waals surface area contributed by atoms with Crippen molar-refractivity contribution in [2.24, 2.45) is 11.8 Å². The summed E-state index contributed by atoms with van der Waals surface area (Å²) in [6.07, 6.45) is 14.8. The van der Waals surface area contributed by atoms with Crippen LogP contribution >= 0.6 is 0 Å². The van der Waals surface area contributed by atoms with Crippen LogP contribution in [0.2, 0.25) is 0 Å². The molecule has 3 heteroatoms. The zero-order chi connectivity index (χ0) is 14.8. The third-order valence-electron chi connectivity index (χ3n) is 4.58. The molecule has 0 spiro atoms. The van der Waals surface area contributed by atoms with Gasteiger partial charge in [0, 0.05) is 5.97 Å². The first kappa shape index (κ1) is 21.2. The molecule has 0 saturated heterocycles. The molecule has 0 heterocycles. The van der Waals surface area contributed by atoms with Crippen LogP contribution in [0.4, 0.5) is 0 Å². The quantitative estimate of drug-likeness (QED) is 0.292. The Kier molecular flexibility index (Phi) is 12.9. The summed E-state index contributed by atoms with van der Waals surface area (Å²) in [6.45, 7) is 6.21. The molecule has 0 unspecified atom stereocenters. The predicted molar refractivity (Wildman–Crippen MR) is 82.2 cm³/mol. The van der Waals surface area contributed by atoms with Crippen molar-refractivity contribution < 1.29 is 39.5 Å². The Labute approximate surface area is 153 Å². The van der Waals surface area contributed by atoms with E-state index in [1.54, 1.807) is 0 Å². The molecule has 0 radical (unpaired) electrons. The zero-order valence-corrected chi connectivity index (χ0v) is 16.2. The van der Waals surface area contributed by atoms with Crippen molar-refractivity contribution in [3.63, 3.8) is 0 Å². The van der Waals surface area contributed by atoms with Gasteiger partial charge in [0.05, 0.1) is 0 Å².